The van der Waals surface area contributed by atoms with Crippen molar-refractivity contribution in [2.24, 2.45) is 10.9 Å². The molecule has 0 radical (unpaired) electrons. The van der Waals surface area contributed by atoms with Crippen molar-refractivity contribution in [2.75, 3.05) is 7.11 Å². The number of nitrogens with zero attached hydrogens (tertiary/aromatic N) is 1. The van der Waals surface area contributed by atoms with Gasteiger partial charge >= 0.3 is 5.97 Å². The molecule has 0 saturated carbocycles. The van der Waals surface area contributed by atoms with E-state index < -0.39 is 5.97 Å². The number of rotatable bonds is 7. The van der Waals surface area contributed by atoms with E-state index in [2.05, 4.69) is 5.16 Å². The smallest absolute Gasteiger partial charge is 0.369 e. The van der Waals surface area contributed by atoms with Gasteiger partial charge in [0.1, 0.15) is 23.7 Å². The number of carbonyl (C=O) groups excluding carboxylic acids is 1. The van der Waals surface area contributed by atoms with Gasteiger partial charge in [0, 0.05) is 10.6 Å². The zero-order chi connectivity index (χ0) is 20.6. The highest BCUT2D eigenvalue weighted by molar-refractivity contribution is 6.31. The lowest BCUT2D eigenvalue weighted by Crippen LogP contribution is -2.15. The van der Waals surface area contributed by atoms with Crippen molar-refractivity contribution < 1.29 is 19.1 Å². The number of carbonyl (C=O) groups is 1. The van der Waals surface area contributed by atoms with E-state index in [1.807, 2.05) is 30.3 Å². The Kier molecular flexibility index (Phi) is 6.71. The van der Waals surface area contributed by atoms with Crippen molar-refractivity contribution in [1.82, 2.24) is 0 Å². The van der Waals surface area contributed by atoms with Crippen LogP contribution in [0.2, 0.25) is 5.02 Å². The highest BCUT2D eigenvalue weighted by Gasteiger charge is 2.16. The van der Waals surface area contributed by atoms with E-state index in [-0.39, 0.29) is 18.0 Å². The van der Waals surface area contributed by atoms with Gasteiger partial charge in [0.2, 0.25) is 0 Å². The minimum Gasteiger partial charge on any atom is -0.497 e. The van der Waals surface area contributed by atoms with Crippen LogP contribution in [-0.2, 0) is 11.4 Å². The number of amidine groups is 1. The first-order chi connectivity index (χ1) is 14.1. The van der Waals surface area contributed by atoms with Gasteiger partial charge in [-0.1, -0.05) is 59.2 Å². The average molecular weight is 411 g/mol. The molecule has 0 atom stereocenters. The first kappa shape index (κ1) is 20.2. The maximum absolute atomic E-state index is 12.5. The highest BCUT2D eigenvalue weighted by Crippen LogP contribution is 2.25. The minimum absolute atomic E-state index is 0.0334. The molecule has 0 aliphatic carbocycles. The van der Waals surface area contributed by atoms with E-state index in [0.29, 0.717) is 22.1 Å². The predicted molar refractivity (Wildman–Crippen MR) is 111 cm³/mol. The summed E-state index contributed by atoms with van der Waals surface area (Å²) in [5.74, 6) is 0.240. The molecule has 0 amide bonds. The topological polar surface area (TPSA) is 83.1 Å². The number of hydrogen-bond donors (Lipinski definition) is 1. The SMILES string of the molecule is COc1cccc(/C(N)=N\OC(=O)c2cc(Cl)ccc2OCc2ccccc2)c1. The van der Waals surface area contributed by atoms with Crippen LogP contribution in [0.25, 0.3) is 0 Å². The monoisotopic (exact) mass is 410 g/mol. The third-order valence-corrected chi connectivity index (χ3v) is 4.23. The maximum Gasteiger partial charge on any atom is 0.369 e. The Morgan fingerprint density at radius 2 is 1.83 bits per heavy atom. The van der Waals surface area contributed by atoms with Crippen LogP contribution in [0.4, 0.5) is 0 Å². The van der Waals surface area contributed by atoms with Crippen molar-refractivity contribution >= 4 is 23.4 Å². The molecule has 0 saturated heterocycles. The Morgan fingerprint density at radius 1 is 1.03 bits per heavy atom. The van der Waals surface area contributed by atoms with Crippen molar-refractivity contribution in [3.05, 3.63) is 94.5 Å². The maximum atomic E-state index is 12.5. The lowest BCUT2D eigenvalue weighted by molar-refractivity contribution is 0.0511. The number of oxime groups is 1. The summed E-state index contributed by atoms with van der Waals surface area (Å²) in [7, 11) is 1.54. The molecule has 148 valence electrons. The predicted octanol–water partition coefficient (Wildman–Crippen LogP) is 4.40. The molecule has 6 nitrogen and oxygen atoms in total. The third-order valence-electron chi connectivity index (χ3n) is 3.99. The molecule has 3 aromatic carbocycles. The van der Waals surface area contributed by atoms with E-state index in [9.17, 15) is 4.79 Å². The molecular weight excluding hydrogens is 392 g/mol. The van der Waals surface area contributed by atoms with Gasteiger partial charge in [0.25, 0.3) is 0 Å². The first-order valence-corrected chi connectivity index (χ1v) is 9.10. The van der Waals surface area contributed by atoms with Gasteiger partial charge in [-0.25, -0.2) is 4.79 Å². The molecule has 2 N–H and O–H groups in total. The molecule has 0 heterocycles. The van der Waals surface area contributed by atoms with Gasteiger partial charge in [-0.05, 0) is 35.9 Å². The number of hydrogen-bond acceptors (Lipinski definition) is 5. The summed E-state index contributed by atoms with van der Waals surface area (Å²) in [6, 6.07) is 21.2. The lowest BCUT2D eigenvalue weighted by atomic mass is 10.2. The number of ether oxygens (including phenoxy) is 2. The Labute approximate surface area is 173 Å². The standard InChI is InChI=1S/C22H19ClN2O4/c1-27-18-9-5-8-16(12-18)21(24)25-29-22(26)19-13-17(23)10-11-20(19)28-14-15-6-3-2-4-7-15/h2-13H,14H2,1H3,(H2,24,25). The molecule has 0 fully saturated rings. The molecule has 0 spiro atoms. The molecule has 0 aliphatic heterocycles. The summed E-state index contributed by atoms with van der Waals surface area (Å²) in [5.41, 5.74) is 7.58. The van der Waals surface area contributed by atoms with Gasteiger partial charge in [-0.3, -0.25) is 0 Å². The summed E-state index contributed by atoms with van der Waals surface area (Å²) in [6.07, 6.45) is 0. The molecular formula is C22H19ClN2O4. The molecule has 3 aromatic rings. The van der Waals surface area contributed by atoms with Crippen molar-refractivity contribution in [2.45, 2.75) is 6.61 Å². The summed E-state index contributed by atoms with van der Waals surface area (Å²) >= 11 is 6.03. The zero-order valence-electron chi connectivity index (χ0n) is 15.7. The fourth-order valence-corrected chi connectivity index (χ4v) is 2.67. The largest absolute Gasteiger partial charge is 0.497 e. The van der Waals surface area contributed by atoms with E-state index in [1.54, 1.807) is 43.5 Å². The highest BCUT2D eigenvalue weighted by atomic mass is 35.5. The van der Waals surface area contributed by atoms with Crippen LogP contribution >= 0.6 is 11.6 Å². The first-order valence-electron chi connectivity index (χ1n) is 8.72. The molecule has 7 heteroatoms. The Hall–Kier alpha value is -3.51. The summed E-state index contributed by atoms with van der Waals surface area (Å²) < 4.78 is 10.9. The number of methoxy groups -OCH3 is 1. The Morgan fingerprint density at radius 3 is 2.59 bits per heavy atom. The van der Waals surface area contributed by atoms with Crippen LogP contribution in [0.15, 0.2) is 78.0 Å². The van der Waals surface area contributed by atoms with Gasteiger partial charge in [0.05, 0.1) is 7.11 Å². The number of benzene rings is 3. The van der Waals surface area contributed by atoms with Gasteiger partial charge in [0.15, 0.2) is 5.84 Å². The lowest BCUT2D eigenvalue weighted by Gasteiger charge is -2.10. The van der Waals surface area contributed by atoms with E-state index >= 15 is 0 Å². The van der Waals surface area contributed by atoms with E-state index in [0.717, 1.165) is 5.56 Å². The van der Waals surface area contributed by atoms with Crippen LogP contribution in [0.1, 0.15) is 21.5 Å². The second-order valence-corrected chi connectivity index (χ2v) is 6.44. The van der Waals surface area contributed by atoms with Crippen LogP contribution < -0.4 is 15.2 Å². The third kappa shape index (κ3) is 5.49. The molecule has 0 aliphatic rings. The van der Waals surface area contributed by atoms with Crippen LogP contribution in [0.5, 0.6) is 11.5 Å². The fraction of sp³-hybridized carbons (Fsp3) is 0.0909. The molecule has 29 heavy (non-hydrogen) atoms. The van der Waals surface area contributed by atoms with Crippen molar-refractivity contribution in [1.29, 1.82) is 0 Å². The molecule has 3 rings (SSSR count). The van der Waals surface area contributed by atoms with Gasteiger partial charge in [-0.15, -0.1) is 0 Å². The average Bonchev–Trinajstić information content (AvgIpc) is 2.77. The van der Waals surface area contributed by atoms with Gasteiger partial charge in [-0.2, -0.15) is 0 Å². The van der Waals surface area contributed by atoms with Crippen LogP contribution in [-0.4, -0.2) is 18.9 Å². The molecule has 0 unspecified atom stereocenters. The summed E-state index contributed by atoms with van der Waals surface area (Å²) in [5, 5.41) is 4.10. The Balaban J connectivity index is 1.74. The van der Waals surface area contributed by atoms with Gasteiger partial charge < -0.3 is 20.0 Å². The van der Waals surface area contributed by atoms with Crippen LogP contribution in [0, 0.1) is 0 Å². The number of halogens is 1. The fourth-order valence-electron chi connectivity index (χ4n) is 2.50. The van der Waals surface area contributed by atoms with E-state index in [1.165, 1.54) is 6.07 Å². The normalized spacial score (nSPS) is 11.0. The summed E-state index contributed by atoms with van der Waals surface area (Å²) in [6.45, 7) is 0.290. The van der Waals surface area contributed by atoms with Crippen molar-refractivity contribution in [3.63, 3.8) is 0 Å². The van der Waals surface area contributed by atoms with Crippen LogP contribution in [0.3, 0.4) is 0 Å². The van der Waals surface area contributed by atoms with Crippen molar-refractivity contribution in [3.8, 4) is 11.5 Å². The second-order valence-electron chi connectivity index (χ2n) is 6.00. The zero-order valence-corrected chi connectivity index (χ0v) is 16.4. The molecule has 0 aromatic heterocycles. The number of nitrogens with two attached hydrogens (primary N) is 1. The van der Waals surface area contributed by atoms with E-state index in [4.69, 9.17) is 31.6 Å². The Bertz CT molecular complexity index is 1020. The summed E-state index contributed by atoms with van der Waals surface area (Å²) in [4.78, 5) is 17.5. The minimum atomic E-state index is -0.735. The second kappa shape index (κ2) is 9.61. The quantitative estimate of drug-likeness (QED) is 0.270. The molecule has 0 bridgehead atoms.